The van der Waals surface area contributed by atoms with Crippen LogP contribution in [0.1, 0.15) is 37.1 Å². The Balaban J connectivity index is 2.00. The summed E-state index contributed by atoms with van der Waals surface area (Å²) in [7, 11) is -3.54. The van der Waals surface area contributed by atoms with Gasteiger partial charge in [0.15, 0.2) is 15.7 Å². The molecule has 0 saturated heterocycles. The molecular weight excluding hydrogens is 381 g/mol. The van der Waals surface area contributed by atoms with Crippen molar-refractivity contribution in [3.8, 4) is 5.69 Å². The van der Waals surface area contributed by atoms with Gasteiger partial charge in [0.1, 0.15) is 5.75 Å². The standard InChI is InChI=1S/C14H14ClF3N4O2S/c15-9-5-6-12(11(7-9)14(16,17)18)22-13(19-20-21-22)8-25(23,24)10-3-1-2-4-10/h5-7,10H,1-4,8H2. The van der Waals surface area contributed by atoms with Gasteiger partial charge in [-0.1, -0.05) is 24.4 Å². The second-order valence-corrected chi connectivity index (χ2v) is 8.60. The van der Waals surface area contributed by atoms with Crippen molar-refractivity contribution in [2.45, 2.75) is 42.9 Å². The molecule has 3 rings (SSSR count). The van der Waals surface area contributed by atoms with Crippen molar-refractivity contribution < 1.29 is 21.6 Å². The van der Waals surface area contributed by atoms with Crippen LogP contribution < -0.4 is 0 Å². The topological polar surface area (TPSA) is 77.7 Å². The summed E-state index contributed by atoms with van der Waals surface area (Å²) in [5.41, 5.74) is -1.40. The molecule has 0 amide bonds. The lowest BCUT2D eigenvalue weighted by Crippen LogP contribution is -2.22. The van der Waals surface area contributed by atoms with E-state index in [1.165, 1.54) is 6.07 Å². The molecule has 0 aliphatic heterocycles. The van der Waals surface area contributed by atoms with Gasteiger partial charge in [0.25, 0.3) is 0 Å². The summed E-state index contributed by atoms with van der Waals surface area (Å²) >= 11 is 5.66. The summed E-state index contributed by atoms with van der Waals surface area (Å²) in [6.07, 6.45) is -1.93. The van der Waals surface area contributed by atoms with Crippen LogP contribution in [0.3, 0.4) is 0 Å². The van der Waals surface area contributed by atoms with Crippen LogP contribution in [0.25, 0.3) is 5.69 Å². The molecular formula is C14H14ClF3N4O2S. The Kier molecular flexibility index (Phi) is 4.76. The molecule has 1 fully saturated rings. The normalized spacial score (nSPS) is 16.5. The zero-order chi connectivity index (χ0) is 18.2. The van der Waals surface area contributed by atoms with E-state index in [9.17, 15) is 21.6 Å². The van der Waals surface area contributed by atoms with Gasteiger partial charge in [0.2, 0.25) is 0 Å². The fraction of sp³-hybridized carbons (Fsp3) is 0.500. The van der Waals surface area contributed by atoms with Crippen molar-refractivity contribution in [2.75, 3.05) is 0 Å². The fourth-order valence-corrected chi connectivity index (χ4v) is 4.95. The van der Waals surface area contributed by atoms with E-state index in [2.05, 4.69) is 15.5 Å². The van der Waals surface area contributed by atoms with Crippen LogP contribution in [0.4, 0.5) is 13.2 Å². The van der Waals surface area contributed by atoms with Gasteiger partial charge in [0, 0.05) is 5.02 Å². The van der Waals surface area contributed by atoms with Crippen molar-refractivity contribution in [1.29, 1.82) is 0 Å². The summed E-state index contributed by atoms with van der Waals surface area (Å²) in [4.78, 5) is 0. The molecule has 1 heterocycles. The molecule has 0 bridgehead atoms. The van der Waals surface area contributed by atoms with Crippen molar-refractivity contribution in [3.05, 3.63) is 34.6 Å². The molecule has 0 atom stereocenters. The van der Waals surface area contributed by atoms with Crippen LogP contribution >= 0.6 is 11.6 Å². The Hall–Kier alpha value is -1.68. The van der Waals surface area contributed by atoms with E-state index in [0.717, 1.165) is 29.7 Å². The molecule has 25 heavy (non-hydrogen) atoms. The third kappa shape index (κ3) is 3.79. The fourth-order valence-electron chi connectivity index (χ4n) is 2.95. The minimum atomic E-state index is -4.69. The molecule has 1 aliphatic carbocycles. The van der Waals surface area contributed by atoms with Crippen LogP contribution in [0.5, 0.6) is 0 Å². The maximum absolute atomic E-state index is 13.3. The van der Waals surface area contributed by atoms with Gasteiger partial charge in [-0.25, -0.2) is 8.42 Å². The number of halogens is 4. The van der Waals surface area contributed by atoms with E-state index in [1.807, 2.05) is 0 Å². The highest BCUT2D eigenvalue weighted by atomic mass is 35.5. The van der Waals surface area contributed by atoms with E-state index < -0.39 is 32.6 Å². The molecule has 136 valence electrons. The number of aromatic nitrogens is 4. The lowest BCUT2D eigenvalue weighted by molar-refractivity contribution is -0.137. The zero-order valence-corrected chi connectivity index (χ0v) is 14.4. The summed E-state index contributed by atoms with van der Waals surface area (Å²) in [5.74, 6) is -0.662. The van der Waals surface area contributed by atoms with Gasteiger partial charge >= 0.3 is 6.18 Å². The highest BCUT2D eigenvalue weighted by Gasteiger charge is 2.36. The van der Waals surface area contributed by atoms with Crippen molar-refractivity contribution in [1.82, 2.24) is 20.2 Å². The largest absolute Gasteiger partial charge is 0.418 e. The lowest BCUT2D eigenvalue weighted by atomic mass is 10.1. The number of benzene rings is 1. The molecule has 0 N–H and O–H groups in total. The first-order valence-corrected chi connectivity index (χ1v) is 9.64. The summed E-state index contributed by atoms with van der Waals surface area (Å²) in [6, 6.07) is 3.14. The van der Waals surface area contributed by atoms with Crippen LogP contribution in [0.15, 0.2) is 18.2 Å². The SMILES string of the molecule is O=S(=O)(Cc1nnnn1-c1ccc(Cl)cc1C(F)(F)F)C1CCCC1. The van der Waals surface area contributed by atoms with Crippen LogP contribution in [0, 0.1) is 0 Å². The number of alkyl halides is 3. The highest BCUT2D eigenvalue weighted by molar-refractivity contribution is 7.91. The Labute approximate surface area is 146 Å². The molecule has 11 heteroatoms. The first-order chi connectivity index (χ1) is 11.7. The minimum Gasteiger partial charge on any atom is -0.228 e. The van der Waals surface area contributed by atoms with E-state index in [0.29, 0.717) is 12.8 Å². The van der Waals surface area contributed by atoms with Gasteiger partial charge in [-0.05, 0) is 41.5 Å². The molecule has 0 unspecified atom stereocenters. The second-order valence-electron chi connectivity index (χ2n) is 5.88. The highest BCUT2D eigenvalue weighted by Crippen LogP contribution is 2.36. The predicted molar refractivity (Wildman–Crippen MR) is 84.0 cm³/mol. The Morgan fingerprint density at radius 2 is 1.92 bits per heavy atom. The second kappa shape index (κ2) is 6.56. The van der Waals surface area contributed by atoms with E-state index >= 15 is 0 Å². The quantitative estimate of drug-likeness (QED) is 0.795. The number of hydrogen-bond donors (Lipinski definition) is 0. The van der Waals surface area contributed by atoms with Gasteiger partial charge in [-0.3, -0.25) is 0 Å². The summed E-state index contributed by atoms with van der Waals surface area (Å²) < 4.78 is 65.6. The van der Waals surface area contributed by atoms with Gasteiger partial charge in [-0.15, -0.1) is 5.10 Å². The maximum Gasteiger partial charge on any atom is 0.418 e. The molecule has 1 aromatic carbocycles. The van der Waals surface area contributed by atoms with Crippen LogP contribution in [-0.4, -0.2) is 33.9 Å². The average Bonchev–Trinajstić information content (AvgIpc) is 3.17. The Morgan fingerprint density at radius 1 is 1.24 bits per heavy atom. The van der Waals surface area contributed by atoms with Crippen LogP contribution in [-0.2, 0) is 21.8 Å². The molecule has 1 saturated carbocycles. The van der Waals surface area contributed by atoms with Crippen molar-refractivity contribution in [2.24, 2.45) is 0 Å². The number of sulfone groups is 1. The lowest BCUT2D eigenvalue weighted by Gasteiger charge is -2.15. The van der Waals surface area contributed by atoms with Gasteiger partial charge in [0.05, 0.1) is 16.5 Å². The third-order valence-electron chi connectivity index (χ3n) is 4.17. The Bertz CT molecular complexity index is 876. The average molecular weight is 395 g/mol. The first kappa shape index (κ1) is 18.1. The number of hydrogen-bond acceptors (Lipinski definition) is 5. The van der Waals surface area contributed by atoms with Gasteiger partial charge < -0.3 is 0 Å². The minimum absolute atomic E-state index is 0.0933. The van der Waals surface area contributed by atoms with Gasteiger partial charge in [-0.2, -0.15) is 17.9 Å². The number of rotatable bonds is 4. The summed E-state index contributed by atoms with van der Waals surface area (Å²) in [5, 5.41) is 9.93. The number of tetrazole rings is 1. The summed E-state index contributed by atoms with van der Waals surface area (Å²) in [6.45, 7) is 0. The van der Waals surface area contributed by atoms with Crippen molar-refractivity contribution in [3.63, 3.8) is 0 Å². The third-order valence-corrected chi connectivity index (χ3v) is 6.55. The molecule has 0 radical (unpaired) electrons. The molecule has 0 spiro atoms. The Morgan fingerprint density at radius 3 is 2.56 bits per heavy atom. The maximum atomic E-state index is 13.3. The first-order valence-electron chi connectivity index (χ1n) is 7.54. The molecule has 2 aromatic rings. The monoisotopic (exact) mass is 394 g/mol. The molecule has 1 aromatic heterocycles. The molecule has 6 nitrogen and oxygen atoms in total. The zero-order valence-electron chi connectivity index (χ0n) is 12.9. The van der Waals surface area contributed by atoms with E-state index in [-0.39, 0.29) is 16.5 Å². The predicted octanol–water partition coefficient (Wildman–Crippen LogP) is 3.19. The number of nitrogens with zero attached hydrogens (tertiary/aromatic N) is 4. The smallest absolute Gasteiger partial charge is 0.228 e. The van der Waals surface area contributed by atoms with E-state index in [4.69, 9.17) is 11.6 Å². The van der Waals surface area contributed by atoms with Crippen LogP contribution in [0.2, 0.25) is 5.02 Å². The van der Waals surface area contributed by atoms with E-state index in [1.54, 1.807) is 0 Å². The van der Waals surface area contributed by atoms with Crippen molar-refractivity contribution >= 4 is 21.4 Å². The molecule has 1 aliphatic rings.